The highest BCUT2D eigenvalue weighted by Crippen LogP contribution is 2.37. The SMILES string of the molecule is COc1ccc(CC(O)C2CCCc3sccc32)cc1F. The summed E-state index contributed by atoms with van der Waals surface area (Å²) >= 11 is 1.77. The van der Waals surface area contributed by atoms with Crippen LogP contribution in [0.2, 0.25) is 0 Å². The predicted octanol–water partition coefficient (Wildman–Crippen LogP) is 3.92. The molecule has 21 heavy (non-hydrogen) atoms. The van der Waals surface area contributed by atoms with Crippen molar-refractivity contribution in [2.45, 2.75) is 37.7 Å². The summed E-state index contributed by atoms with van der Waals surface area (Å²) in [7, 11) is 1.45. The summed E-state index contributed by atoms with van der Waals surface area (Å²) in [5.41, 5.74) is 2.09. The van der Waals surface area contributed by atoms with Gasteiger partial charge in [0.25, 0.3) is 0 Å². The third-order valence-corrected chi connectivity index (χ3v) is 5.22. The quantitative estimate of drug-likeness (QED) is 0.927. The van der Waals surface area contributed by atoms with Gasteiger partial charge in [-0.2, -0.15) is 0 Å². The molecule has 0 amide bonds. The summed E-state index contributed by atoms with van der Waals surface area (Å²) in [6, 6.07) is 7.03. The number of benzene rings is 1. The molecule has 1 aliphatic rings. The van der Waals surface area contributed by atoms with Crippen molar-refractivity contribution in [2.75, 3.05) is 7.11 Å². The molecule has 1 aromatic carbocycles. The maximum Gasteiger partial charge on any atom is 0.165 e. The lowest BCUT2D eigenvalue weighted by molar-refractivity contribution is 0.135. The monoisotopic (exact) mass is 306 g/mol. The molecule has 2 atom stereocenters. The summed E-state index contributed by atoms with van der Waals surface area (Å²) in [6.07, 6.45) is 3.25. The molecular weight excluding hydrogens is 287 g/mol. The standard InChI is InChI=1S/C17H19FO2S/c1-20-16-6-5-11(9-14(16)18)10-15(19)12-3-2-4-17-13(12)7-8-21-17/h5-9,12,15,19H,2-4,10H2,1H3. The van der Waals surface area contributed by atoms with Gasteiger partial charge in [-0.1, -0.05) is 6.07 Å². The largest absolute Gasteiger partial charge is 0.494 e. The van der Waals surface area contributed by atoms with Gasteiger partial charge in [-0.15, -0.1) is 11.3 Å². The number of aliphatic hydroxyl groups excluding tert-OH is 1. The molecule has 112 valence electrons. The van der Waals surface area contributed by atoms with Crippen LogP contribution in [-0.2, 0) is 12.8 Å². The van der Waals surface area contributed by atoms with Crippen molar-refractivity contribution in [3.63, 3.8) is 0 Å². The molecule has 0 fully saturated rings. The third kappa shape index (κ3) is 2.97. The van der Waals surface area contributed by atoms with E-state index in [-0.39, 0.29) is 17.5 Å². The molecule has 0 aliphatic heterocycles. The van der Waals surface area contributed by atoms with Gasteiger partial charge in [-0.05, 0) is 60.4 Å². The summed E-state index contributed by atoms with van der Waals surface area (Å²) in [4.78, 5) is 1.39. The third-order valence-electron chi connectivity index (χ3n) is 4.22. The Bertz CT molecular complexity index is 623. The lowest BCUT2D eigenvalue weighted by atomic mass is 9.82. The molecule has 2 nitrogen and oxygen atoms in total. The highest BCUT2D eigenvalue weighted by atomic mass is 32.1. The molecule has 3 rings (SSSR count). The van der Waals surface area contributed by atoms with E-state index in [9.17, 15) is 9.50 Å². The number of fused-ring (bicyclic) bond motifs is 1. The minimum Gasteiger partial charge on any atom is -0.494 e. The van der Waals surface area contributed by atoms with Crippen LogP contribution in [0.3, 0.4) is 0 Å². The van der Waals surface area contributed by atoms with E-state index in [1.807, 2.05) is 6.07 Å². The van der Waals surface area contributed by atoms with Crippen LogP contribution in [0.5, 0.6) is 5.75 Å². The van der Waals surface area contributed by atoms with Gasteiger partial charge in [0.05, 0.1) is 13.2 Å². The topological polar surface area (TPSA) is 29.5 Å². The number of rotatable bonds is 4. The van der Waals surface area contributed by atoms with Gasteiger partial charge >= 0.3 is 0 Å². The first-order chi connectivity index (χ1) is 10.2. The molecule has 1 N–H and O–H groups in total. The first-order valence-electron chi connectivity index (χ1n) is 7.26. The van der Waals surface area contributed by atoms with Gasteiger partial charge in [-0.3, -0.25) is 0 Å². The Morgan fingerprint density at radius 2 is 2.29 bits per heavy atom. The highest BCUT2D eigenvalue weighted by Gasteiger charge is 2.27. The summed E-state index contributed by atoms with van der Waals surface area (Å²) in [5.74, 6) is 0.0401. The fraction of sp³-hybridized carbons (Fsp3) is 0.412. The van der Waals surface area contributed by atoms with Crippen LogP contribution in [0.4, 0.5) is 4.39 Å². The van der Waals surface area contributed by atoms with Crippen LogP contribution in [-0.4, -0.2) is 18.3 Å². The van der Waals surface area contributed by atoms with Crippen LogP contribution >= 0.6 is 11.3 Å². The van der Waals surface area contributed by atoms with Gasteiger partial charge in [0, 0.05) is 10.8 Å². The molecule has 1 heterocycles. The number of hydrogen-bond donors (Lipinski definition) is 1. The van der Waals surface area contributed by atoms with E-state index in [1.165, 1.54) is 23.6 Å². The molecular formula is C17H19FO2S. The summed E-state index contributed by atoms with van der Waals surface area (Å²) in [6.45, 7) is 0. The first-order valence-corrected chi connectivity index (χ1v) is 8.13. The molecule has 1 aromatic heterocycles. The molecule has 0 radical (unpaired) electrons. The van der Waals surface area contributed by atoms with Crippen LogP contribution < -0.4 is 4.74 Å². The van der Waals surface area contributed by atoms with Gasteiger partial charge in [0.15, 0.2) is 11.6 Å². The zero-order chi connectivity index (χ0) is 14.8. The predicted molar refractivity (Wildman–Crippen MR) is 82.7 cm³/mol. The summed E-state index contributed by atoms with van der Waals surface area (Å²) < 4.78 is 18.6. The van der Waals surface area contributed by atoms with E-state index in [4.69, 9.17) is 4.74 Å². The zero-order valence-corrected chi connectivity index (χ0v) is 12.8. The molecule has 4 heteroatoms. The van der Waals surface area contributed by atoms with E-state index in [0.717, 1.165) is 24.8 Å². The second-order valence-corrected chi connectivity index (χ2v) is 6.54. The Hall–Kier alpha value is -1.39. The molecule has 2 aromatic rings. The first kappa shape index (κ1) is 14.5. The van der Waals surface area contributed by atoms with Crippen molar-refractivity contribution in [1.82, 2.24) is 0 Å². The minimum atomic E-state index is -0.466. The molecule has 0 spiro atoms. The van der Waals surface area contributed by atoms with Crippen LogP contribution in [0.1, 0.15) is 34.8 Å². The smallest absolute Gasteiger partial charge is 0.165 e. The second kappa shape index (κ2) is 6.16. The average molecular weight is 306 g/mol. The second-order valence-electron chi connectivity index (χ2n) is 5.54. The zero-order valence-electron chi connectivity index (χ0n) is 12.0. The average Bonchev–Trinajstić information content (AvgIpc) is 2.95. The van der Waals surface area contributed by atoms with E-state index in [0.29, 0.717) is 6.42 Å². The van der Waals surface area contributed by atoms with Gasteiger partial charge < -0.3 is 9.84 Å². The number of methoxy groups -OCH3 is 1. The normalized spacial score (nSPS) is 19.1. The lowest BCUT2D eigenvalue weighted by Crippen LogP contribution is -2.24. The minimum absolute atomic E-state index is 0.171. The molecule has 0 saturated carbocycles. The van der Waals surface area contributed by atoms with Crippen LogP contribution in [0.25, 0.3) is 0 Å². The maximum absolute atomic E-state index is 13.7. The van der Waals surface area contributed by atoms with Gasteiger partial charge in [-0.25, -0.2) is 4.39 Å². The highest BCUT2D eigenvalue weighted by molar-refractivity contribution is 7.10. The molecule has 2 unspecified atom stereocenters. The van der Waals surface area contributed by atoms with Crippen LogP contribution in [0.15, 0.2) is 29.6 Å². The Morgan fingerprint density at radius 3 is 3.05 bits per heavy atom. The van der Waals surface area contributed by atoms with E-state index >= 15 is 0 Å². The Morgan fingerprint density at radius 1 is 1.43 bits per heavy atom. The Balaban J connectivity index is 1.75. The summed E-state index contributed by atoms with van der Waals surface area (Å²) in [5, 5.41) is 12.7. The molecule has 1 aliphatic carbocycles. The Labute approximate surface area is 128 Å². The van der Waals surface area contributed by atoms with Crippen molar-refractivity contribution in [3.05, 3.63) is 51.5 Å². The van der Waals surface area contributed by atoms with Gasteiger partial charge in [0.1, 0.15) is 0 Å². The fourth-order valence-corrected chi connectivity index (χ4v) is 4.14. The van der Waals surface area contributed by atoms with Crippen molar-refractivity contribution in [1.29, 1.82) is 0 Å². The van der Waals surface area contributed by atoms with E-state index in [2.05, 4.69) is 11.4 Å². The number of halogens is 1. The number of ether oxygens (including phenoxy) is 1. The van der Waals surface area contributed by atoms with Crippen molar-refractivity contribution < 1.29 is 14.2 Å². The van der Waals surface area contributed by atoms with Crippen LogP contribution in [0, 0.1) is 5.82 Å². The number of thiophene rings is 1. The van der Waals surface area contributed by atoms with E-state index < -0.39 is 6.10 Å². The van der Waals surface area contributed by atoms with Crippen molar-refractivity contribution in [3.8, 4) is 5.75 Å². The number of aryl methyl sites for hydroxylation is 1. The lowest BCUT2D eigenvalue weighted by Gasteiger charge is -2.27. The van der Waals surface area contributed by atoms with Gasteiger partial charge in [0.2, 0.25) is 0 Å². The number of aliphatic hydroxyl groups is 1. The Kier molecular flexibility index (Phi) is 4.27. The molecule has 0 saturated heterocycles. The van der Waals surface area contributed by atoms with Crippen molar-refractivity contribution >= 4 is 11.3 Å². The number of hydrogen-bond acceptors (Lipinski definition) is 3. The fourth-order valence-electron chi connectivity index (χ4n) is 3.14. The molecule has 0 bridgehead atoms. The maximum atomic E-state index is 13.7. The van der Waals surface area contributed by atoms with E-state index in [1.54, 1.807) is 17.4 Å². The van der Waals surface area contributed by atoms with Crippen molar-refractivity contribution in [2.24, 2.45) is 0 Å².